The number of benzene rings is 1. The van der Waals surface area contributed by atoms with Crippen LogP contribution in [0.5, 0.6) is 0 Å². The average molecular weight is 363 g/mol. The number of carbonyl (C=O) groups is 1. The molecular formula is C17H12F3N3OS. The summed E-state index contributed by atoms with van der Waals surface area (Å²) in [4.78, 5) is 20.2. The first-order chi connectivity index (χ1) is 11.9. The van der Waals surface area contributed by atoms with Crippen LogP contribution in [0, 0.1) is 0 Å². The van der Waals surface area contributed by atoms with E-state index in [1.54, 1.807) is 23.7 Å². The van der Waals surface area contributed by atoms with Crippen LogP contribution in [0.2, 0.25) is 0 Å². The van der Waals surface area contributed by atoms with Gasteiger partial charge in [0.2, 0.25) is 5.91 Å². The highest BCUT2D eigenvalue weighted by Crippen LogP contribution is 2.31. The van der Waals surface area contributed by atoms with Gasteiger partial charge in [-0.1, -0.05) is 12.1 Å². The number of aromatic nitrogens is 2. The Morgan fingerprint density at radius 3 is 2.56 bits per heavy atom. The molecule has 25 heavy (non-hydrogen) atoms. The summed E-state index contributed by atoms with van der Waals surface area (Å²) >= 11 is 1.28. The highest BCUT2D eigenvalue weighted by atomic mass is 32.1. The first kappa shape index (κ1) is 17.1. The van der Waals surface area contributed by atoms with Gasteiger partial charge >= 0.3 is 6.18 Å². The summed E-state index contributed by atoms with van der Waals surface area (Å²) in [5.74, 6) is -0.239. The third-order valence-electron chi connectivity index (χ3n) is 3.30. The molecule has 128 valence electrons. The van der Waals surface area contributed by atoms with Crippen LogP contribution in [0.25, 0.3) is 10.6 Å². The molecule has 0 saturated carbocycles. The van der Waals surface area contributed by atoms with Gasteiger partial charge in [0.05, 0.1) is 29.6 Å². The van der Waals surface area contributed by atoms with Gasteiger partial charge in [0.15, 0.2) is 0 Å². The van der Waals surface area contributed by atoms with Crippen LogP contribution in [0.4, 0.5) is 18.9 Å². The van der Waals surface area contributed by atoms with Crippen LogP contribution in [-0.4, -0.2) is 15.9 Å². The maximum Gasteiger partial charge on any atom is 0.416 e. The van der Waals surface area contributed by atoms with Gasteiger partial charge in [-0.3, -0.25) is 9.78 Å². The van der Waals surface area contributed by atoms with Gasteiger partial charge in [0.25, 0.3) is 0 Å². The summed E-state index contributed by atoms with van der Waals surface area (Å²) in [7, 11) is 0. The smallest absolute Gasteiger partial charge is 0.324 e. The summed E-state index contributed by atoms with van der Waals surface area (Å²) in [6.07, 6.45) is -1.15. The molecule has 1 amide bonds. The Balaban J connectivity index is 1.67. The molecule has 0 bridgehead atoms. The number of hydrogen-bond donors (Lipinski definition) is 1. The van der Waals surface area contributed by atoms with Crippen molar-refractivity contribution >= 4 is 22.9 Å². The number of alkyl halides is 3. The third kappa shape index (κ3) is 4.42. The number of pyridine rings is 1. The zero-order valence-corrected chi connectivity index (χ0v) is 13.6. The van der Waals surface area contributed by atoms with Crippen molar-refractivity contribution in [2.75, 3.05) is 5.32 Å². The Labute approximate surface area is 145 Å². The number of thiazole rings is 1. The first-order valence-corrected chi connectivity index (χ1v) is 8.12. The number of rotatable bonds is 4. The predicted octanol–water partition coefficient (Wildman–Crippen LogP) is 4.41. The third-order valence-corrected chi connectivity index (χ3v) is 4.24. The van der Waals surface area contributed by atoms with Crippen LogP contribution in [0.3, 0.4) is 0 Å². The summed E-state index contributed by atoms with van der Waals surface area (Å²) in [5.41, 5.74) is 1.02. The van der Waals surface area contributed by atoms with Gasteiger partial charge < -0.3 is 5.32 Å². The average Bonchev–Trinajstić information content (AvgIpc) is 3.03. The largest absolute Gasteiger partial charge is 0.416 e. The van der Waals surface area contributed by atoms with Crippen molar-refractivity contribution in [2.45, 2.75) is 12.6 Å². The molecule has 3 rings (SSSR count). The second-order valence-electron chi connectivity index (χ2n) is 5.19. The minimum Gasteiger partial charge on any atom is -0.324 e. The van der Waals surface area contributed by atoms with E-state index >= 15 is 0 Å². The molecule has 0 saturated heterocycles. The van der Waals surface area contributed by atoms with Crippen molar-refractivity contribution in [3.8, 4) is 10.6 Å². The van der Waals surface area contributed by atoms with Crippen molar-refractivity contribution in [2.24, 2.45) is 0 Å². The molecule has 0 aliphatic rings. The van der Waals surface area contributed by atoms with Gasteiger partial charge in [-0.2, -0.15) is 13.2 Å². The van der Waals surface area contributed by atoms with E-state index in [-0.39, 0.29) is 12.3 Å². The Kier molecular flexibility index (Phi) is 4.80. The standard InChI is InChI=1S/C17H12F3N3OS/c18-17(19,20)12-5-3-11(4-6-12)16-23-14(10-25-16)8-15(24)22-13-2-1-7-21-9-13/h1-7,9-10H,8H2,(H,22,24). The van der Waals surface area contributed by atoms with E-state index in [2.05, 4.69) is 15.3 Å². The van der Waals surface area contributed by atoms with E-state index in [0.29, 0.717) is 22.0 Å². The molecule has 8 heteroatoms. The fourth-order valence-corrected chi connectivity index (χ4v) is 2.95. The van der Waals surface area contributed by atoms with Crippen molar-refractivity contribution in [3.63, 3.8) is 0 Å². The van der Waals surface area contributed by atoms with E-state index in [9.17, 15) is 18.0 Å². The molecule has 3 aromatic rings. The quantitative estimate of drug-likeness (QED) is 0.747. The Morgan fingerprint density at radius 2 is 1.92 bits per heavy atom. The molecule has 1 aromatic carbocycles. The normalized spacial score (nSPS) is 11.3. The SMILES string of the molecule is O=C(Cc1csc(-c2ccc(C(F)(F)F)cc2)n1)Nc1cccnc1. The Bertz CT molecular complexity index is 861. The van der Waals surface area contributed by atoms with E-state index < -0.39 is 11.7 Å². The number of anilines is 1. The molecule has 0 atom stereocenters. The second-order valence-corrected chi connectivity index (χ2v) is 6.04. The van der Waals surface area contributed by atoms with Gasteiger partial charge in [0.1, 0.15) is 5.01 Å². The minimum absolute atomic E-state index is 0.0754. The van der Waals surface area contributed by atoms with Crippen LogP contribution >= 0.6 is 11.3 Å². The number of carbonyl (C=O) groups excluding carboxylic acids is 1. The number of nitrogens with one attached hydrogen (secondary N) is 1. The monoisotopic (exact) mass is 363 g/mol. The molecule has 0 fully saturated rings. The molecular weight excluding hydrogens is 351 g/mol. The first-order valence-electron chi connectivity index (χ1n) is 7.24. The fourth-order valence-electron chi connectivity index (χ4n) is 2.13. The number of nitrogens with zero attached hydrogens (tertiary/aromatic N) is 2. The highest BCUT2D eigenvalue weighted by Gasteiger charge is 2.30. The predicted molar refractivity (Wildman–Crippen MR) is 89.1 cm³/mol. The second kappa shape index (κ2) is 7.02. The molecule has 0 aliphatic carbocycles. The van der Waals surface area contributed by atoms with E-state index in [0.717, 1.165) is 12.1 Å². The van der Waals surface area contributed by atoms with Gasteiger partial charge in [-0.25, -0.2) is 4.98 Å². The summed E-state index contributed by atoms with van der Waals surface area (Å²) in [6.45, 7) is 0. The van der Waals surface area contributed by atoms with Gasteiger partial charge in [-0.05, 0) is 24.3 Å². The number of halogens is 3. The van der Waals surface area contributed by atoms with E-state index in [1.807, 2.05) is 0 Å². The molecule has 0 aliphatic heterocycles. The lowest BCUT2D eigenvalue weighted by molar-refractivity contribution is -0.137. The van der Waals surface area contributed by atoms with Crippen LogP contribution in [0.15, 0.2) is 54.2 Å². The lowest BCUT2D eigenvalue weighted by atomic mass is 10.1. The lowest BCUT2D eigenvalue weighted by Crippen LogP contribution is -2.14. The van der Waals surface area contributed by atoms with Crippen molar-refractivity contribution in [1.82, 2.24) is 9.97 Å². The van der Waals surface area contributed by atoms with Crippen molar-refractivity contribution in [1.29, 1.82) is 0 Å². The Hall–Kier alpha value is -2.74. The lowest BCUT2D eigenvalue weighted by Gasteiger charge is -2.06. The number of hydrogen-bond acceptors (Lipinski definition) is 4. The molecule has 1 N–H and O–H groups in total. The highest BCUT2D eigenvalue weighted by molar-refractivity contribution is 7.13. The number of amides is 1. The molecule has 4 nitrogen and oxygen atoms in total. The fraction of sp³-hybridized carbons (Fsp3) is 0.118. The molecule has 0 spiro atoms. The zero-order chi connectivity index (χ0) is 17.9. The maximum absolute atomic E-state index is 12.6. The van der Waals surface area contributed by atoms with E-state index in [4.69, 9.17) is 0 Å². The summed E-state index contributed by atoms with van der Waals surface area (Å²) in [6, 6.07) is 8.22. The van der Waals surface area contributed by atoms with E-state index in [1.165, 1.54) is 29.7 Å². The van der Waals surface area contributed by atoms with Crippen molar-refractivity contribution < 1.29 is 18.0 Å². The van der Waals surface area contributed by atoms with Crippen LogP contribution in [0.1, 0.15) is 11.3 Å². The molecule has 0 unspecified atom stereocenters. The van der Waals surface area contributed by atoms with Crippen LogP contribution < -0.4 is 5.32 Å². The molecule has 0 radical (unpaired) electrons. The van der Waals surface area contributed by atoms with Crippen molar-refractivity contribution in [3.05, 3.63) is 65.4 Å². The summed E-state index contributed by atoms with van der Waals surface area (Å²) < 4.78 is 37.8. The van der Waals surface area contributed by atoms with Gasteiger partial charge in [0, 0.05) is 17.1 Å². The minimum atomic E-state index is -4.36. The molecule has 2 heterocycles. The van der Waals surface area contributed by atoms with Gasteiger partial charge in [-0.15, -0.1) is 11.3 Å². The molecule has 2 aromatic heterocycles. The van der Waals surface area contributed by atoms with Crippen LogP contribution in [-0.2, 0) is 17.4 Å². The zero-order valence-electron chi connectivity index (χ0n) is 12.7. The summed E-state index contributed by atoms with van der Waals surface area (Å²) in [5, 5.41) is 4.99. The Morgan fingerprint density at radius 1 is 1.16 bits per heavy atom. The topological polar surface area (TPSA) is 54.9 Å². The maximum atomic E-state index is 12.6.